The van der Waals surface area contributed by atoms with Crippen LogP contribution >= 0.6 is 0 Å². The zero-order chi connectivity index (χ0) is 11.4. The van der Waals surface area contributed by atoms with Crippen molar-refractivity contribution < 1.29 is 0 Å². The first-order chi connectivity index (χ1) is 7.75. The Morgan fingerprint density at radius 3 is 2.69 bits per heavy atom. The first-order valence-electron chi connectivity index (χ1n) is 4.97. The van der Waals surface area contributed by atoms with Crippen LogP contribution in [0, 0.1) is 6.92 Å². The molecule has 0 saturated heterocycles. The average molecular weight is 215 g/mol. The highest BCUT2D eigenvalue weighted by atomic mass is 15.1. The maximum Gasteiger partial charge on any atom is 0.223 e. The van der Waals surface area contributed by atoms with Crippen molar-refractivity contribution in [1.29, 1.82) is 0 Å². The molecule has 0 aliphatic carbocycles. The molecule has 0 aliphatic rings. The molecule has 0 aromatic carbocycles. The van der Waals surface area contributed by atoms with E-state index in [-0.39, 0.29) is 0 Å². The van der Waals surface area contributed by atoms with E-state index in [1.807, 2.05) is 19.1 Å². The van der Waals surface area contributed by atoms with Crippen molar-refractivity contribution in [2.45, 2.75) is 13.5 Å². The highest BCUT2D eigenvalue weighted by Crippen LogP contribution is 2.06. The maximum atomic E-state index is 5.49. The SMILES string of the molecule is Cc1cccnc1CNc1ncc(N)cn1. The molecule has 0 saturated carbocycles. The quantitative estimate of drug-likeness (QED) is 0.808. The van der Waals surface area contributed by atoms with Crippen LogP contribution in [-0.2, 0) is 6.54 Å². The van der Waals surface area contributed by atoms with E-state index >= 15 is 0 Å². The van der Waals surface area contributed by atoms with Crippen LogP contribution in [0.2, 0.25) is 0 Å². The molecular formula is C11H13N5. The fourth-order valence-corrected chi connectivity index (χ4v) is 1.30. The Balaban J connectivity index is 2.02. The Kier molecular flexibility index (Phi) is 2.95. The van der Waals surface area contributed by atoms with Crippen molar-refractivity contribution in [2.75, 3.05) is 11.1 Å². The zero-order valence-corrected chi connectivity index (χ0v) is 9.01. The smallest absolute Gasteiger partial charge is 0.223 e. The van der Waals surface area contributed by atoms with Crippen LogP contribution in [0.1, 0.15) is 11.3 Å². The van der Waals surface area contributed by atoms with Gasteiger partial charge in [0.25, 0.3) is 0 Å². The Bertz CT molecular complexity index is 466. The number of nitrogens with one attached hydrogen (secondary N) is 1. The third kappa shape index (κ3) is 2.44. The molecule has 2 aromatic rings. The van der Waals surface area contributed by atoms with Gasteiger partial charge in [0.15, 0.2) is 0 Å². The molecule has 0 amide bonds. The number of anilines is 2. The Hall–Kier alpha value is -2.17. The third-order valence-electron chi connectivity index (χ3n) is 2.20. The first kappa shape index (κ1) is 10.4. The van der Waals surface area contributed by atoms with Crippen molar-refractivity contribution in [3.8, 4) is 0 Å². The van der Waals surface area contributed by atoms with Gasteiger partial charge < -0.3 is 11.1 Å². The van der Waals surface area contributed by atoms with E-state index in [0.29, 0.717) is 18.2 Å². The molecule has 16 heavy (non-hydrogen) atoms. The molecule has 0 fully saturated rings. The summed E-state index contributed by atoms with van der Waals surface area (Å²) in [6.45, 7) is 2.63. The summed E-state index contributed by atoms with van der Waals surface area (Å²) < 4.78 is 0. The molecule has 0 bridgehead atoms. The van der Waals surface area contributed by atoms with Crippen molar-refractivity contribution in [1.82, 2.24) is 15.0 Å². The van der Waals surface area contributed by atoms with Gasteiger partial charge in [0.05, 0.1) is 30.3 Å². The summed E-state index contributed by atoms with van der Waals surface area (Å²) in [5.74, 6) is 0.555. The Morgan fingerprint density at radius 1 is 1.25 bits per heavy atom. The Labute approximate surface area is 93.8 Å². The zero-order valence-electron chi connectivity index (χ0n) is 9.01. The lowest BCUT2D eigenvalue weighted by molar-refractivity contribution is 0.984. The van der Waals surface area contributed by atoms with Gasteiger partial charge in [0.1, 0.15) is 0 Å². The standard InChI is InChI=1S/C11H13N5/c1-8-3-2-4-13-10(8)7-16-11-14-5-9(12)6-15-11/h2-6H,7,12H2,1H3,(H,14,15,16). The van der Waals surface area contributed by atoms with E-state index in [2.05, 4.69) is 20.3 Å². The lowest BCUT2D eigenvalue weighted by Gasteiger charge is -2.06. The number of nitrogens with two attached hydrogens (primary N) is 1. The van der Waals surface area contributed by atoms with E-state index in [0.717, 1.165) is 11.3 Å². The van der Waals surface area contributed by atoms with Crippen molar-refractivity contribution in [3.63, 3.8) is 0 Å². The van der Waals surface area contributed by atoms with E-state index in [1.54, 1.807) is 18.6 Å². The van der Waals surface area contributed by atoms with Gasteiger partial charge >= 0.3 is 0 Å². The number of aryl methyl sites for hydroxylation is 1. The Morgan fingerprint density at radius 2 is 2.00 bits per heavy atom. The van der Waals surface area contributed by atoms with Crippen LogP contribution in [0.5, 0.6) is 0 Å². The summed E-state index contributed by atoms with van der Waals surface area (Å²) >= 11 is 0. The number of hydrogen-bond acceptors (Lipinski definition) is 5. The monoisotopic (exact) mass is 215 g/mol. The van der Waals surface area contributed by atoms with Crippen molar-refractivity contribution in [2.24, 2.45) is 0 Å². The fraction of sp³-hybridized carbons (Fsp3) is 0.182. The molecular weight excluding hydrogens is 202 g/mol. The summed E-state index contributed by atoms with van der Waals surface area (Å²) in [6, 6.07) is 3.94. The predicted molar refractivity (Wildman–Crippen MR) is 62.7 cm³/mol. The number of nitrogen functional groups attached to an aromatic ring is 1. The molecule has 0 spiro atoms. The summed E-state index contributed by atoms with van der Waals surface area (Å²) in [7, 11) is 0. The number of nitrogens with zero attached hydrogens (tertiary/aromatic N) is 3. The lowest BCUT2D eigenvalue weighted by atomic mass is 10.2. The van der Waals surface area contributed by atoms with Crippen LogP contribution in [-0.4, -0.2) is 15.0 Å². The summed E-state index contributed by atoms with van der Waals surface area (Å²) in [5.41, 5.74) is 8.18. The molecule has 0 radical (unpaired) electrons. The molecule has 0 atom stereocenters. The minimum atomic E-state index is 0.555. The molecule has 2 heterocycles. The van der Waals surface area contributed by atoms with Gasteiger partial charge in [-0.05, 0) is 18.6 Å². The van der Waals surface area contributed by atoms with Crippen LogP contribution in [0.15, 0.2) is 30.7 Å². The third-order valence-corrected chi connectivity index (χ3v) is 2.20. The van der Waals surface area contributed by atoms with E-state index < -0.39 is 0 Å². The highest BCUT2D eigenvalue weighted by molar-refractivity contribution is 5.36. The topological polar surface area (TPSA) is 76.7 Å². The molecule has 2 rings (SSSR count). The summed E-state index contributed by atoms with van der Waals surface area (Å²) in [4.78, 5) is 12.4. The second kappa shape index (κ2) is 4.57. The first-order valence-corrected chi connectivity index (χ1v) is 4.97. The van der Waals surface area contributed by atoms with Gasteiger partial charge in [-0.15, -0.1) is 0 Å². The molecule has 82 valence electrons. The second-order valence-corrected chi connectivity index (χ2v) is 3.46. The second-order valence-electron chi connectivity index (χ2n) is 3.46. The van der Waals surface area contributed by atoms with Gasteiger partial charge in [-0.2, -0.15) is 0 Å². The van der Waals surface area contributed by atoms with E-state index in [1.165, 1.54) is 0 Å². The summed E-state index contributed by atoms with van der Waals surface area (Å²) in [6.07, 6.45) is 4.91. The average Bonchev–Trinajstić information content (AvgIpc) is 2.30. The number of aromatic nitrogens is 3. The number of pyridine rings is 1. The van der Waals surface area contributed by atoms with Crippen molar-refractivity contribution in [3.05, 3.63) is 42.0 Å². The molecule has 0 unspecified atom stereocenters. The maximum absolute atomic E-state index is 5.49. The minimum absolute atomic E-state index is 0.555. The van der Waals surface area contributed by atoms with Crippen molar-refractivity contribution >= 4 is 11.6 Å². The highest BCUT2D eigenvalue weighted by Gasteiger charge is 1.99. The predicted octanol–water partition coefficient (Wildman–Crippen LogP) is 1.37. The minimum Gasteiger partial charge on any atom is -0.396 e. The van der Waals surface area contributed by atoms with Gasteiger partial charge in [0, 0.05) is 6.20 Å². The van der Waals surface area contributed by atoms with Gasteiger partial charge in [0.2, 0.25) is 5.95 Å². The molecule has 3 N–H and O–H groups in total. The fourth-order valence-electron chi connectivity index (χ4n) is 1.30. The van der Waals surface area contributed by atoms with E-state index in [4.69, 9.17) is 5.73 Å². The molecule has 5 nitrogen and oxygen atoms in total. The largest absolute Gasteiger partial charge is 0.396 e. The van der Waals surface area contributed by atoms with Crippen LogP contribution in [0.3, 0.4) is 0 Å². The number of hydrogen-bond donors (Lipinski definition) is 2. The molecule has 0 aliphatic heterocycles. The summed E-state index contributed by atoms with van der Waals surface area (Å²) in [5, 5.41) is 3.09. The van der Waals surface area contributed by atoms with Crippen LogP contribution < -0.4 is 11.1 Å². The molecule has 5 heteroatoms. The normalized spacial score (nSPS) is 10.1. The van der Waals surface area contributed by atoms with Gasteiger partial charge in [-0.1, -0.05) is 6.07 Å². The van der Waals surface area contributed by atoms with Gasteiger partial charge in [-0.3, -0.25) is 4.98 Å². The van der Waals surface area contributed by atoms with Crippen LogP contribution in [0.25, 0.3) is 0 Å². The lowest BCUT2D eigenvalue weighted by Crippen LogP contribution is -2.06. The molecule has 2 aromatic heterocycles. The number of rotatable bonds is 3. The van der Waals surface area contributed by atoms with Gasteiger partial charge in [-0.25, -0.2) is 9.97 Å². The van der Waals surface area contributed by atoms with E-state index in [9.17, 15) is 0 Å². The van der Waals surface area contributed by atoms with Crippen LogP contribution in [0.4, 0.5) is 11.6 Å².